The normalized spacial score (nSPS) is 13.6. The van der Waals surface area contributed by atoms with Crippen molar-refractivity contribution in [3.63, 3.8) is 0 Å². The predicted molar refractivity (Wildman–Crippen MR) is 88.1 cm³/mol. The summed E-state index contributed by atoms with van der Waals surface area (Å²) in [5, 5.41) is 3.72. The van der Waals surface area contributed by atoms with Gasteiger partial charge < -0.3 is 5.32 Å². The Hall–Kier alpha value is -0.620. The minimum atomic E-state index is -3.52. The molecule has 1 aromatic rings. The fourth-order valence-electron chi connectivity index (χ4n) is 1.69. The van der Waals surface area contributed by atoms with E-state index in [1.807, 2.05) is 20.8 Å². The van der Waals surface area contributed by atoms with E-state index in [2.05, 4.69) is 17.0 Å². The molecule has 0 aliphatic heterocycles. The molecule has 2 N–H and O–H groups in total. The summed E-state index contributed by atoms with van der Waals surface area (Å²) in [4.78, 5) is 0.208. The minimum absolute atomic E-state index is 0.125. The SMILES string of the molecule is CCCNCc1ccc(S(=O)(=O)NC(C)C(C)C)cc1Cl. The number of rotatable bonds is 8. The lowest BCUT2D eigenvalue weighted by Crippen LogP contribution is -2.36. The first-order valence-electron chi connectivity index (χ1n) is 7.29. The maximum absolute atomic E-state index is 12.3. The van der Waals surface area contributed by atoms with Crippen molar-refractivity contribution in [2.24, 2.45) is 5.92 Å². The lowest BCUT2D eigenvalue weighted by molar-refractivity contribution is 0.476. The summed E-state index contributed by atoms with van der Waals surface area (Å²) in [5.74, 6) is 0.229. The second kappa shape index (κ2) is 8.13. The Morgan fingerprint density at radius 1 is 1.24 bits per heavy atom. The third-order valence-electron chi connectivity index (χ3n) is 3.42. The third-order valence-corrected chi connectivity index (χ3v) is 5.33. The zero-order valence-corrected chi connectivity index (χ0v) is 14.7. The number of hydrogen-bond acceptors (Lipinski definition) is 3. The lowest BCUT2D eigenvalue weighted by Gasteiger charge is -2.18. The third kappa shape index (κ3) is 5.58. The monoisotopic (exact) mass is 332 g/mol. The van der Waals surface area contributed by atoms with Gasteiger partial charge in [0.05, 0.1) is 4.90 Å². The van der Waals surface area contributed by atoms with Gasteiger partial charge >= 0.3 is 0 Å². The van der Waals surface area contributed by atoms with E-state index in [0.717, 1.165) is 18.5 Å². The molecular weight excluding hydrogens is 308 g/mol. The molecule has 0 saturated heterocycles. The molecule has 0 aromatic heterocycles. The summed E-state index contributed by atoms with van der Waals surface area (Å²) < 4.78 is 27.2. The van der Waals surface area contributed by atoms with Gasteiger partial charge in [0.25, 0.3) is 0 Å². The van der Waals surface area contributed by atoms with Crippen molar-refractivity contribution < 1.29 is 8.42 Å². The van der Waals surface area contributed by atoms with Crippen molar-refractivity contribution in [3.05, 3.63) is 28.8 Å². The lowest BCUT2D eigenvalue weighted by atomic mass is 10.1. The molecule has 1 atom stereocenters. The zero-order valence-electron chi connectivity index (χ0n) is 13.1. The Labute approximate surface area is 133 Å². The van der Waals surface area contributed by atoms with E-state index in [-0.39, 0.29) is 16.9 Å². The van der Waals surface area contributed by atoms with Crippen molar-refractivity contribution in [3.8, 4) is 0 Å². The van der Waals surface area contributed by atoms with Gasteiger partial charge in [0.1, 0.15) is 0 Å². The number of sulfonamides is 1. The molecule has 6 heteroatoms. The maximum Gasteiger partial charge on any atom is 0.240 e. The molecule has 4 nitrogen and oxygen atoms in total. The van der Waals surface area contributed by atoms with E-state index in [9.17, 15) is 8.42 Å². The Kier molecular flexibility index (Phi) is 7.13. The van der Waals surface area contributed by atoms with Crippen LogP contribution in [0, 0.1) is 5.92 Å². The highest BCUT2D eigenvalue weighted by Crippen LogP contribution is 2.21. The molecule has 0 bridgehead atoms. The van der Waals surface area contributed by atoms with Crippen LogP contribution < -0.4 is 10.0 Å². The standard InChI is InChI=1S/C15H25ClN2O2S/c1-5-8-17-10-13-6-7-14(9-15(13)16)21(19,20)18-12(4)11(2)3/h6-7,9,11-12,17-18H,5,8,10H2,1-4H3. The van der Waals surface area contributed by atoms with E-state index < -0.39 is 10.0 Å². The summed E-state index contributed by atoms with van der Waals surface area (Å²) in [6, 6.07) is 4.75. The molecule has 1 unspecified atom stereocenters. The fourth-order valence-corrected chi connectivity index (χ4v) is 3.42. The van der Waals surface area contributed by atoms with Gasteiger partial charge in [-0.25, -0.2) is 13.1 Å². The van der Waals surface area contributed by atoms with E-state index >= 15 is 0 Å². The van der Waals surface area contributed by atoms with Gasteiger partial charge in [0, 0.05) is 17.6 Å². The van der Waals surface area contributed by atoms with Crippen LogP contribution in [0.1, 0.15) is 39.7 Å². The van der Waals surface area contributed by atoms with Gasteiger partial charge in [-0.2, -0.15) is 0 Å². The molecule has 21 heavy (non-hydrogen) atoms. The van der Waals surface area contributed by atoms with Crippen LogP contribution in [0.25, 0.3) is 0 Å². The predicted octanol–water partition coefficient (Wildman–Crippen LogP) is 3.16. The first kappa shape index (κ1) is 18.4. The van der Waals surface area contributed by atoms with Gasteiger partial charge in [-0.1, -0.05) is 38.4 Å². The molecule has 0 aliphatic rings. The van der Waals surface area contributed by atoms with Crippen molar-refractivity contribution in [1.82, 2.24) is 10.0 Å². The topological polar surface area (TPSA) is 58.2 Å². The van der Waals surface area contributed by atoms with E-state index in [1.54, 1.807) is 12.1 Å². The molecule has 0 spiro atoms. The summed E-state index contributed by atoms with van der Waals surface area (Å²) in [5.41, 5.74) is 0.904. The molecule has 0 aliphatic carbocycles. The average Bonchev–Trinajstić information content (AvgIpc) is 2.40. The maximum atomic E-state index is 12.3. The zero-order chi connectivity index (χ0) is 16.0. The minimum Gasteiger partial charge on any atom is -0.313 e. The van der Waals surface area contributed by atoms with Crippen LogP contribution in [0.5, 0.6) is 0 Å². The van der Waals surface area contributed by atoms with E-state index in [0.29, 0.717) is 11.6 Å². The van der Waals surface area contributed by atoms with Crippen LogP contribution in [0.15, 0.2) is 23.1 Å². The van der Waals surface area contributed by atoms with E-state index in [1.165, 1.54) is 6.07 Å². The summed E-state index contributed by atoms with van der Waals surface area (Å²) in [6.07, 6.45) is 1.04. The largest absolute Gasteiger partial charge is 0.313 e. The van der Waals surface area contributed by atoms with Crippen molar-refractivity contribution in [1.29, 1.82) is 0 Å². The van der Waals surface area contributed by atoms with Crippen LogP contribution >= 0.6 is 11.6 Å². The Morgan fingerprint density at radius 3 is 2.43 bits per heavy atom. The van der Waals surface area contributed by atoms with Crippen LogP contribution in [-0.2, 0) is 16.6 Å². The van der Waals surface area contributed by atoms with Crippen molar-refractivity contribution >= 4 is 21.6 Å². The second-order valence-electron chi connectivity index (χ2n) is 5.58. The van der Waals surface area contributed by atoms with Crippen LogP contribution in [0.4, 0.5) is 0 Å². The quantitative estimate of drug-likeness (QED) is 0.719. The second-order valence-corrected chi connectivity index (χ2v) is 7.71. The number of benzene rings is 1. The first-order valence-corrected chi connectivity index (χ1v) is 9.15. The summed E-state index contributed by atoms with van der Waals surface area (Å²) in [7, 11) is -3.52. The molecular formula is C15H25ClN2O2S. The average molecular weight is 333 g/mol. The molecule has 0 heterocycles. The van der Waals surface area contributed by atoms with E-state index in [4.69, 9.17) is 11.6 Å². The van der Waals surface area contributed by atoms with Gasteiger partial charge in [-0.15, -0.1) is 0 Å². The van der Waals surface area contributed by atoms with Crippen LogP contribution in [-0.4, -0.2) is 21.0 Å². The molecule has 0 radical (unpaired) electrons. The van der Waals surface area contributed by atoms with Crippen LogP contribution in [0.2, 0.25) is 5.02 Å². The number of nitrogens with one attached hydrogen (secondary N) is 2. The van der Waals surface area contributed by atoms with Crippen LogP contribution in [0.3, 0.4) is 0 Å². The molecule has 0 fully saturated rings. The van der Waals surface area contributed by atoms with Crippen molar-refractivity contribution in [2.75, 3.05) is 6.54 Å². The smallest absolute Gasteiger partial charge is 0.240 e. The Morgan fingerprint density at radius 2 is 1.90 bits per heavy atom. The molecule has 120 valence electrons. The summed E-state index contributed by atoms with van der Waals surface area (Å²) in [6.45, 7) is 9.44. The number of halogens is 1. The van der Waals surface area contributed by atoms with Gasteiger partial charge in [-0.05, 0) is 43.5 Å². The molecule has 1 rings (SSSR count). The molecule has 1 aromatic carbocycles. The fraction of sp³-hybridized carbons (Fsp3) is 0.600. The Balaban J connectivity index is 2.87. The highest BCUT2D eigenvalue weighted by Gasteiger charge is 2.20. The Bertz CT molecular complexity index is 559. The highest BCUT2D eigenvalue weighted by atomic mass is 35.5. The molecule has 0 amide bonds. The first-order chi connectivity index (χ1) is 9.77. The van der Waals surface area contributed by atoms with Crippen molar-refractivity contribution in [2.45, 2.75) is 51.6 Å². The van der Waals surface area contributed by atoms with Gasteiger partial charge in [0.2, 0.25) is 10.0 Å². The highest BCUT2D eigenvalue weighted by molar-refractivity contribution is 7.89. The summed E-state index contributed by atoms with van der Waals surface area (Å²) >= 11 is 6.18. The van der Waals surface area contributed by atoms with Gasteiger partial charge in [0.15, 0.2) is 0 Å². The molecule has 0 saturated carbocycles. The number of hydrogen-bond donors (Lipinski definition) is 2. The van der Waals surface area contributed by atoms with Gasteiger partial charge in [-0.3, -0.25) is 0 Å².